The molecule has 2 aliphatic heterocycles. The fourth-order valence-corrected chi connectivity index (χ4v) is 7.27. The van der Waals surface area contributed by atoms with Gasteiger partial charge in [0.2, 0.25) is 5.91 Å². The van der Waals surface area contributed by atoms with E-state index < -0.39 is 6.10 Å². The molecule has 1 amide bonds. The summed E-state index contributed by atoms with van der Waals surface area (Å²) in [6, 6.07) is 10.4. The number of aliphatic hydroxyl groups excluding tert-OH is 1. The molecule has 2 saturated heterocycles. The maximum Gasteiger partial charge on any atom is 0.229 e. The van der Waals surface area contributed by atoms with E-state index in [1.165, 1.54) is 9.75 Å². The van der Waals surface area contributed by atoms with Gasteiger partial charge in [0, 0.05) is 38.2 Å². The molecule has 36 heavy (non-hydrogen) atoms. The number of aryl methyl sites for hydroxylation is 1. The van der Waals surface area contributed by atoms with Crippen molar-refractivity contribution in [1.29, 1.82) is 0 Å². The highest BCUT2D eigenvalue weighted by Gasteiger charge is 2.46. The van der Waals surface area contributed by atoms with Gasteiger partial charge in [-0.1, -0.05) is 11.6 Å². The lowest BCUT2D eigenvalue weighted by molar-refractivity contribution is -0.117. The third-order valence-corrected chi connectivity index (χ3v) is 9.85. The van der Waals surface area contributed by atoms with Crippen LogP contribution in [0.2, 0.25) is 5.02 Å². The predicted molar refractivity (Wildman–Crippen MR) is 144 cm³/mol. The Morgan fingerprint density at radius 2 is 2.06 bits per heavy atom. The zero-order chi connectivity index (χ0) is 25.0. The van der Waals surface area contributed by atoms with Crippen molar-refractivity contribution in [2.45, 2.75) is 56.6 Å². The maximum atomic E-state index is 12.9. The third kappa shape index (κ3) is 4.45. The Bertz CT molecular complexity index is 1300. The summed E-state index contributed by atoms with van der Waals surface area (Å²) in [7, 11) is 0. The standard InChI is InChI=1S/C28H32ClN3O3S/c1-16-3-4-24(36-16)21-12-22(21)27(34)31-26-11-18-9-20(23(29)10-19(18)13-30-26)17-5-7-32(8-6-17)28(2)15-35-14-25(28)33/h3-4,9-11,13,17,21-22,25,33H,5-8,12,14-15H2,1-2H3,(H,30,31,34)/t21-,22-,25-,28+/m1/s1. The lowest BCUT2D eigenvalue weighted by Crippen LogP contribution is -2.56. The van der Waals surface area contributed by atoms with Crippen LogP contribution in [0, 0.1) is 12.8 Å². The van der Waals surface area contributed by atoms with E-state index in [2.05, 4.69) is 47.2 Å². The fraction of sp³-hybridized carbons (Fsp3) is 0.500. The molecular weight excluding hydrogens is 494 g/mol. The number of benzene rings is 1. The van der Waals surface area contributed by atoms with Crippen LogP contribution in [-0.4, -0.2) is 58.8 Å². The molecular formula is C28H32ClN3O3S. The van der Waals surface area contributed by atoms with E-state index in [1.54, 1.807) is 17.5 Å². The first-order chi connectivity index (χ1) is 17.3. The van der Waals surface area contributed by atoms with E-state index in [4.69, 9.17) is 16.3 Å². The van der Waals surface area contributed by atoms with Crippen molar-refractivity contribution in [3.05, 3.63) is 56.9 Å². The van der Waals surface area contributed by atoms with E-state index >= 15 is 0 Å². The molecule has 8 heteroatoms. The van der Waals surface area contributed by atoms with Gasteiger partial charge in [0.1, 0.15) is 5.82 Å². The second-order valence-corrected chi connectivity index (χ2v) is 12.6. The number of hydrogen-bond acceptors (Lipinski definition) is 6. The number of amides is 1. The van der Waals surface area contributed by atoms with Gasteiger partial charge in [-0.3, -0.25) is 9.69 Å². The number of ether oxygens (including phenoxy) is 1. The molecule has 6 rings (SSSR count). The SMILES string of the molecule is Cc1ccc([C@@H]2C[C@H]2C(=O)Nc2cc3cc(C4CCN([C@@]5(C)COC[C@H]5O)CC4)c(Cl)cc3cn2)s1. The molecule has 3 aromatic rings. The topological polar surface area (TPSA) is 74.7 Å². The summed E-state index contributed by atoms with van der Waals surface area (Å²) in [6.07, 6.45) is 4.21. The van der Waals surface area contributed by atoms with Gasteiger partial charge < -0.3 is 15.2 Å². The average Bonchev–Trinajstić information content (AvgIpc) is 3.44. The molecule has 190 valence electrons. The first-order valence-corrected chi connectivity index (χ1v) is 14.0. The van der Waals surface area contributed by atoms with Crippen LogP contribution in [0.3, 0.4) is 0 Å². The quantitative estimate of drug-likeness (QED) is 0.471. The van der Waals surface area contributed by atoms with Crippen molar-refractivity contribution in [3.8, 4) is 0 Å². The van der Waals surface area contributed by atoms with Gasteiger partial charge in [-0.15, -0.1) is 11.3 Å². The van der Waals surface area contributed by atoms with Crippen LogP contribution in [0.25, 0.3) is 10.8 Å². The van der Waals surface area contributed by atoms with Gasteiger partial charge in [0.25, 0.3) is 0 Å². The summed E-state index contributed by atoms with van der Waals surface area (Å²) in [5, 5.41) is 16.2. The van der Waals surface area contributed by atoms with Gasteiger partial charge in [-0.05, 0) is 93.4 Å². The second-order valence-electron chi connectivity index (χ2n) is 10.8. The van der Waals surface area contributed by atoms with Crippen molar-refractivity contribution in [2.75, 3.05) is 31.6 Å². The van der Waals surface area contributed by atoms with Crippen molar-refractivity contribution < 1.29 is 14.6 Å². The van der Waals surface area contributed by atoms with Crippen molar-refractivity contribution in [3.63, 3.8) is 0 Å². The Hall–Kier alpha value is -2.03. The number of thiophene rings is 1. The van der Waals surface area contributed by atoms with Crippen molar-refractivity contribution >= 4 is 45.4 Å². The summed E-state index contributed by atoms with van der Waals surface area (Å²) in [6.45, 7) is 6.99. The van der Waals surface area contributed by atoms with E-state index in [0.29, 0.717) is 30.9 Å². The van der Waals surface area contributed by atoms with Crippen LogP contribution in [0.1, 0.15) is 53.3 Å². The number of anilines is 1. The lowest BCUT2D eigenvalue weighted by atomic mass is 9.85. The highest BCUT2D eigenvalue weighted by Crippen LogP contribution is 2.50. The number of carbonyl (C=O) groups excluding carboxylic acids is 1. The largest absolute Gasteiger partial charge is 0.389 e. The molecule has 4 atom stereocenters. The number of halogens is 1. The number of hydrogen-bond donors (Lipinski definition) is 2. The number of pyridine rings is 1. The smallest absolute Gasteiger partial charge is 0.229 e. The van der Waals surface area contributed by atoms with Crippen LogP contribution >= 0.6 is 22.9 Å². The van der Waals surface area contributed by atoms with Crippen molar-refractivity contribution in [1.82, 2.24) is 9.88 Å². The van der Waals surface area contributed by atoms with Crippen LogP contribution in [0.15, 0.2) is 36.5 Å². The minimum Gasteiger partial charge on any atom is -0.389 e. The highest BCUT2D eigenvalue weighted by molar-refractivity contribution is 7.12. The molecule has 0 spiro atoms. The lowest BCUT2D eigenvalue weighted by Gasteiger charge is -2.43. The summed E-state index contributed by atoms with van der Waals surface area (Å²) in [5.41, 5.74) is 0.843. The second kappa shape index (κ2) is 9.37. The Labute approximate surface area is 220 Å². The van der Waals surface area contributed by atoms with E-state index in [9.17, 15) is 9.90 Å². The molecule has 0 unspecified atom stereocenters. The molecule has 2 N–H and O–H groups in total. The summed E-state index contributed by atoms with van der Waals surface area (Å²) < 4.78 is 5.54. The minimum absolute atomic E-state index is 0.0251. The Balaban J connectivity index is 1.15. The number of nitrogens with one attached hydrogen (secondary N) is 1. The summed E-state index contributed by atoms with van der Waals surface area (Å²) in [5.74, 6) is 1.35. The highest BCUT2D eigenvalue weighted by atomic mass is 35.5. The summed E-state index contributed by atoms with van der Waals surface area (Å²) in [4.78, 5) is 22.3. The molecule has 3 fully saturated rings. The molecule has 4 heterocycles. The monoisotopic (exact) mass is 525 g/mol. The number of fused-ring (bicyclic) bond motifs is 1. The average molecular weight is 526 g/mol. The number of aromatic nitrogens is 1. The Morgan fingerprint density at radius 1 is 1.25 bits per heavy atom. The van der Waals surface area contributed by atoms with E-state index in [1.807, 2.05) is 12.1 Å². The molecule has 1 saturated carbocycles. The predicted octanol–water partition coefficient (Wildman–Crippen LogP) is 5.33. The Morgan fingerprint density at radius 3 is 2.75 bits per heavy atom. The van der Waals surface area contributed by atoms with Gasteiger partial charge in [0.15, 0.2) is 0 Å². The summed E-state index contributed by atoms with van der Waals surface area (Å²) >= 11 is 8.51. The first-order valence-electron chi connectivity index (χ1n) is 12.8. The van der Waals surface area contributed by atoms with Gasteiger partial charge in [-0.2, -0.15) is 0 Å². The molecule has 0 bridgehead atoms. The van der Waals surface area contributed by atoms with E-state index in [0.717, 1.165) is 53.7 Å². The van der Waals surface area contributed by atoms with E-state index in [-0.39, 0.29) is 17.4 Å². The van der Waals surface area contributed by atoms with Crippen LogP contribution in [0.4, 0.5) is 5.82 Å². The third-order valence-electron chi connectivity index (χ3n) is 8.39. The molecule has 6 nitrogen and oxygen atoms in total. The van der Waals surface area contributed by atoms with Crippen molar-refractivity contribution in [2.24, 2.45) is 5.92 Å². The first kappa shape index (κ1) is 24.3. The van der Waals surface area contributed by atoms with Gasteiger partial charge in [0.05, 0.1) is 24.9 Å². The number of piperidine rings is 1. The number of carbonyl (C=O) groups is 1. The molecule has 2 aromatic heterocycles. The number of likely N-dealkylation sites (tertiary alicyclic amines) is 1. The molecule has 0 radical (unpaired) electrons. The normalized spacial score (nSPS) is 29.1. The Kier molecular flexibility index (Phi) is 6.33. The van der Waals surface area contributed by atoms with Crippen LogP contribution < -0.4 is 5.32 Å². The zero-order valence-electron chi connectivity index (χ0n) is 20.7. The number of nitrogens with zero attached hydrogens (tertiary/aromatic N) is 2. The molecule has 3 aliphatic rings. The van der Waals surface area contributed by atoms with Gasteiger partial charge in [-0.25, -0.2) is 4.98 Å². The van der Waals surface area contributed by atoms with Gasteiger partial charge >= 0.3 is 0 Å². The minimum atomic E-state index is -0.445. The van der Waals surface area contributed by atoms with Crippen LogP contribution in [0.5, 0.6) is 0 Å². The fourth-order valence-electron chi connectivity index (χ4n) is 5.89. The molecule has 1 aliphatic carbocycles. The zero-order valence-corrected chi connectivity index (χ0v) is 22.2. The van der Waals surface area contributed by atoms with Crippen LogP contribution in [-0.2, 0) is 9.53 Å². The number of rotatable bonds is 5. The number of aliphatic hydroxyl groups is 1. The maximum absolute atomic E-state index is 12.9. The molecule has 1 aromatic carbocycles.